The minimum absolute atomic E-state index is 0. The molecule has 3 N–H and O–H groups in total. The first-order valence-corrected chi connectivity index (χ1v) is 9.92. The van der Waals surface area contributed by atoms with E-state index in [0.717, 1.165) is 31.0 Å². The summed E-state index contributed by atoms with van der Waals surface area (Å²) in [4.78, 5) is 7.76. The van der Waals surface area contributed by atoms with Crippen molar-refractivity contribution in [1.29, 1.82) is 0 Å². The largest absolute Gasteiger partial charge is 0.361 e. The summed E-state index contributed by atoms with van der Waals surface area (Å²) in [6.45, 7) is 9.38. The molecule has 0 saturated carbocycles. The van der Waals surface area contributed by atoms with Gasteiger partial charge in [0.1, 0.15) is 0 Å². The molecule has 6 nitrogen and oxygen atoms in total. The molecule has 29 heavy (non-hydrogen) atoms. The maximum absolute atomic E-state index is 4.51. The van der Waals surface area contributed by atoms with Gasteiger partial charge in [0.15, 0.2) is 5.96 Å². The lowest BCUT2D eigenvalue weighted by Crippen LogP contribution is -2.43. The number of rotatable bonds is 6. The average molecular weight is 508 g/mol. The van der Waals surface area contributed by atoms with Gasteiger partial charge in [-0.05, 0) is 63.3 Å². The van der Waals surface area contributed by atoms with Gasteiger partial charge < -0.3 is 15.6 Å². The molecule has 0 aliphatic rings. The zero-order valence-electron chi connectivity index (χ0n) is 18.3. The first-order chi connectivity index (χ1) is 13.4. The molecule has 0 spiro atoms. The molecule has 0 radical (unpaired) electrons. The SMILES string of the molecule is CN=C(NCCc1c[nH]c2cccc(C)c12)NC(C)Cc1c(C)nn(C)c1C.I. The molecule has 0 saturated heterocycles. The second-order valence-electron chi connectivity index (χ2n) is 7.58. The maximum Gasteiger partial charge on any atom is 0.191 e. The third-order valence-electron chi connectivity index (χ3n) is 5.46. The summed E-state index contributed by atoms with van der Waals surface area (Å²) in [7, 11) is 3.81. The molecule has 1 aromatic carbocycles. The molecule has 0 aliphatic carbocycles. The smallest absolute Gasteiger partial charge is 0.191 e. The Labute approximate surface area is 190 Å². The molecule has 7 heteroatoms. The molecule has 2 heterocycles. The van der Waals surface area contributed by atoms with E-state index in [1.165, 1.54) is 33.3 Å². The van der Waals surface area contributed by atoms with E-state index in [9.17, 15) is 0 Å². The molecule has 0 bridgehead atoms. The molecule has 1 atom stereocenters. The highest BCUT2D eigenvalue weighted by Crippen LogP contribution is 2.22. The Bertz CT molecular complexity index is 985. The van der Waals surface area contributed by atoms with Gasteiger partial charge in [-0.1, -0.05) is 12.1 Å². The van der Waals surface area contributed by atoms with E-state index in [0.29, 0.717) is 0 Å². The summed E-state index contributed by atoms with van der Waals surface area (Å²) in [5, 5.41) is 12.8. The quantitative estimate of drug-likeness (QED) is 0.270. The number of hydrogen-bond donors (Lipinski definition) is 3. The number of nitrogens with zero attached hydrogens (tertiary/aromatic N) is 3. The Balaban J connectivity index is 0.00000300. The van der Waals surface area contributed by atoms with Crippen LogP contribution in [0.1, 0.15) is 35.0 Å². The van der Waals surface area contributed by atoms with Gasteiger partial charge >= 0.3 is 0 Å². The van der Waals surface area contributed by atoms with Crippen LogP contribution in [0.5, 0.6) is 0 Å². The fraction of sp³-hybridized carbons (Fsp3) is 0.455. The van der Waals surface area contributed by atoms with E-state index in [1.807, 2.05) is 18.8 Å². The van der Waals surface area contributed by atoms with Crippen molar-refractivity contribution in [3.05, 3.63) is 52.5 Å². The Morgan fingerprint density at radius 1 is 1.28 bits per heavy atom. The molecule has 3 rings (SSSR count). The summed E-state index contributed by atoms with van der Waals surface area (Å²) in [6.07, 6.45) is 3.99. The van der Waals surface area contributed by atoms with Crippen molar-refractivity contribution in [2.24, 2.45) is 12.0 Å². The van der Waals surface area contributed by atoms with Gasteiger partial charge in [0, 0.05) is 49.5 Å². The minimum Gasteiger partial charge on any atom is -0.361 e. The van der Waals surface area contributed by atoms with Crippen LogP contribution in [-0.2, 0) is 19.9 Å². The van der Waals surface area contributed by atoms with Gasteiger partial charge in [0.2, 0.25) is 0 Å². The topological polar surface area (TPSA) is 70.0 Å². The zero-order chi connectivity index (χ0) is 20.3. The van der Waals surface area contributed by atoms with E-state index in [1.54, 1.807) is 0 Å². The molecule has 0 aliphatic heterocycles. The van der Waals surface area contributed by atoms with Gasteiger partial charge in [-0.3, -0.25) is 9.67 Å². The molecular formula is C22H33IN6. The highest BCUT2D eigenvalue weighted by molar-refractivity contribution is 14.0. The molecule has 0 amide bonds. The van der Waals surface area contributed by atoms with Crippen LogP contribution in [0, 0.1) is 20.8 Å². The van der Waals surface area contributed by atoms with Crippen LogP contribution in [0.25, 0.3) is 10.9 Å². The maximum atomic E-state index is 4.51. The molecule has 2 aromatic heterocycles. The number of H-pyrrole nitrogens is 1. The minimum atomic E-state index is 0. The Morgan fingerprint density at radius 3 is 2.69 bits per heavy atom. The van der Waals surface area contributed by atoms with Gasteiger partial charge in [0.05, 0.1) is 5.69 Å². The van der Waals surface area contributed by atoms with Gasteiger partial charge in [-0.25, -0.2) is 0 Å². The lowest BCUT2D eigenvalue weighted by molar-refractivity contribution is 0.635. The average Bonchev–Trinajstić information content (AvgIpc) is 3.18. The van der Waals surface area contributed by atoms with Crippen LogP contribution in [0.4, 0.5) is 0 Å². The normalized spacial score (nSPS) is 12.7. The van der Waals surface area contributed by atoms with E-state index >= 15 is 0 Å². The molecule has 0 fully saturated rings. The van der Waals surface area contributed by atoms with Crippen molar-refractivity contribution in [3.8, 4) is 0 Å². The Morgan fingerprint density at radius 2 is 2.03 bits per heavy atom. The lowest BCUT2D eigenvalue weighted by Gasteiger charge is -2.18. The predicted molar refractivity (Wildman–Crippen MR) is 133 cm³/mol. The number of aromatic nitrogens is 3. The lowest BCUT2D eigenvalue weighted by atomic mass is 10.1. The number of aryl methyl sites for hydroxylation is 3. The first kappa shape index (κ1) is 23.3. The number of nitrogens with one attached hydrogen (secondary N) is 3. The van der Waals surface area contributed by atoms with Crippen LogP contribution >= 0.6 is 24.0 Å². The van der Waals surface area contributed by atoms with E-state index in [4.69, 9.17) is 0 Å². The summed E-state index contributed by atoms with van der Waals surface area (Å²) >= 11 is 0. The summed E-state index contributed by atoms with van der Waals surface area (Å²) in [6, 6.07) is 6.65. The third-order valence-corrected chi connectivity index (χ3v) is 5.46. The fourth-order valence-corrected chi connectivity index (χ4v) is 3.86. The number of halogens is 1. The monoisotopic (exact) mass is 508 g/mol. The standard InChI is InChI=1S/C22H32N6.HI/c1-14-8-7-9-20-21(14)18(13-25-20)10-11-24-22(23-5)26-15(2)12-19-16(3)27-28(6)17(19)4;/h7-9,13,15,25H,10-12H2,1-6H3,(H2,23,24,26);1H. The van der Waals surface area contributed by atoms with E-state index < -0.39 is 0 Å². The number of aliphatic imine (C=N–C) groups is 1. The summed E-state index contributed by atoms with van der Waals surface area (Å²) < 4.78 is 1.95. The van der Waals surface area contributed by atoms with Crippen molar-refractivity contribution in [1.82, 2.24) is 25.4 Å². The van der Waals surface area contributed by atoms with Crippen LogP contribution in [-0.4, -0.2) is 40.4 Å². The van der Waals surface area contributed by atoms with E-state index in [2.05, 4.69) is 77.8 Å². The number of benzene rings is 1. The summed E-state index contributed by atoms with van der Waals surface area (Å²) in [5.74, 6) is 0.836. The van der Waals surface area contributed by atoms with Crippen LogP contribution in [0.3, 0.4) is 0 Å². The van der Waals surface area contributed by atoms with Crippen LogP contribution in [0.2, 0.25) is 0 Å². The number of hydrogen-bond acceptors (Lipinski definition) is 2. The van der Waals surface area contributed by atoms with Crippen molar-refractivity contribution in [2.45, 2.75) is 46.6 Å². The van der Waals surface area contributed by atoms with E-state index in [-0.39, 0.29) is 30.0 Å². The van der Waals surface area contributed by atoms with Crippen molar-refractivity contribution < 1.29 is 0 Å². The molecular weight excluding hydrogens is 475 g/mol. The molecule has 1 unspecified atom stereocenters. The Hall–Kier alpha value is -2.03. The van der Waals surface area contributed by atoms with Crippen LogP contribution < -0.4 is 10.6 Å². The Kier molecular flexibility index (Phi) is 8.13. The van der Waals surface area contributed by atoms with Crippen molar-refractivity contribution in [2.75, 3.05) is 13.6 Å². The van der Waals surface area contributed by atoms with Crippen molar-refractivity contribution in [3.63, 3.8) is 0 Å². The van der Waals surface area contributed by atoms with Crippen molar-refractivity contribution >= 4 is 40.8 Å². The van der Waals surface area contributed by atoms with Gasteiger partial charge in [-0.2, -0.15) is 5.10 Å². The molecule has 158 valence electrons. The highest BCUT2D eigenvalue weighted by atomic mass is 127. The number of fused-ring (bicyclic) bond motifs is 1. The van der Waals surface area contributed by atoms with Crippen LogP contribution in [0.15, 0.2) is 29.4 Å². The second-order valence-corrected chi connectivity index (χ2v) is 7.58. The molecule has 3 aromatic rings. The summed E-state index contributed by atoms with van der Waals surface area (Å²) in [5.41, 5.74) is 7.49. The highest BCUT2D eigenvalue weighted by Gasteiger charge is 2.14. The number of guanidine groups is 1. The van der Waals surface area contributed by atoms with Gasteiger partial charge in [0.25, 0.3) is 0 Å². The predicted octanol–water partition coefficient (Wildman–Crippen LogP) is 3.78. The third kappa shape index (κ3) is 5.32. The second kappa shape index (κ2) is 10.1. The zero-order valence-corrected chi connectivity index (χ0v) is 20.6. The van der Waals surface area contributed by atoms with Gasteiger partial charge in [-0.15, -0.1) is 24.0 Å². The fourth-order valence-electron chi connectivity index (χ4n) is 3.86. The first-order valence-electron chi connectivity index (χ1n) is 9.92. The number of aromatic amines is 1.